The Bertz CT molecular complexity index is 681. The van der Waals surface area contributed by atoms with Crippen LogP contribution in [0.3, 0.4) is 0 Å². The molecular formula is C17H19ClN2O3S. The van der Waals surface area contributed by atoms with Gasteiger partial charge in [0.25, 0.3) is 0 Å². The highest BCUT2D eigenvalue weighted by Crippen LogP contribution is 2.21. The van der Waals surface area contributed by atoms with Crippen LogP contribution in [0.5, 0.6) is 5.75 Å². The number of carbonyl (C=O) groups is 1. The van der Waals surface area contributed by atoms with E-state index in [-0.39, 0.29) is 5.92 Å². The molecule has 0 unspecified atom stereocenters. The summed E-state index contributed by atoms with van der Waals surface area (Å²) < 4.78 is 5.70. The molecule has 0 spiro atoms. The number of ether oxygens (including phenoxy) is 1. The Morgan fingerprint density at radius 2 is 2.04 bits per heavy atom. The predicted molar refractivity (Wildman–Crippen MR) is 93.5 cm³/mol. The van der Waals surface area contributed by atoms with Gasteiger partial charge in [-0.25, -0.2) is 4.98 Å². The minimum Gasteiger partial charge on any atom is -0.486 e. The Morgan fingerprint density at radius 1 is 1.33 bits per heavy atom. The number of aromatic nitrogens is 1. The fraction of sp³-hybridized carbons (Fsp3) is 0.412. The highest BCUT2D eigenvalue weighted by Gasteiger charge is 2.24. The standard InChI is InChI=1S/C17H19ClN2O3S/c18-13-1-3-15(4-2-13)23-10-16-19-14(11-24-16)9-20-7-5-12(6-8-20)17(21)22/h1-4,11-12H,5-10H2,(H,21,22). The lowest BCUT2D eigenvalue weighted by atomic mass is 9.97. The first kappa shape index (κ1) is 17.2. The molecular weight excluding hydrogens is 348 g/mol. The number of benzene rings is 1. The molecule has 1 N–H and O–H groups in total. The third kappa shape index (κ3) is 4.69. The Labute approximate surface area is 149 Å². The molecule has 0 aliphatic carbocycles. The number of carboxylic acids is 1. The second-order valence-corrected chi connectivity index (χ2v) is 7.24. The summed E-state index contributed by atoms with van der Waals surface area (Å²) in [5.41, 5.74) is 1.02. The summed E-state index contributed by atoms with van der Waals surface area (Å²) in [6, 6.07) is 7.27. The molecule has 0 radical (unpaired) electrons. The van der Waals surface area contributed by atoms with Gasteiger partial charge in [-0.2, -0.15) is 0 Å². The number of hydrogen-bond donors (Lipinski definition) is 1. The molecule has 128 valence electrons. The van der Waals surface area contributed by atoms with Crippen LogP contribution in [0.4, 0.5) is 0 Å². The van der Waals surface area contributed by atoms with E-state index in [4.69, 9.17) is 21.4 Å². The van der Waals surface area contributed by atoms with Crippen molar-refractivity contribution in [3.05, 3.63) is 45.4 Å². The number of piperidine rings is 1. The third-order valence-electron chi connectivity index (χ3n) is 4.10. The van der Waals surface area contributed by atoms with E-state index in [1.807, 2.05) is 17.5 Å². The van der Waals surface area contributed by atoms with Crippen LogP contribution in [0.25, 0.3) is 0 Å². The van der Waals surface area contributed by atoms with Crippen LogP contribution in [0, 0.1) is 5.92 Å². The van der Waals surface area contributed by atoms with Gasteiger partial charge in [-0.3, -0.25) is 9.69 Å². The molecule has 3 rings (SSSR count). The highest BCUT2D eigenvalue weighted by atomic mass is 35.5. The lowest BCUT2D eigenvalue weighted by Gasteiger charge is -2.29. The van der Waals surface area contributed by atoms with Crippen molar-refractivity contribution in [1.29, 1.82) is 0 Å². The molecule has 0 bridgehead atoms. The summed E-state index contributed by atoms with van der Waals surface area (Å²) in [6.07, 6.45) is 1.43. The molecule has 1 aliphatic rings. The molecule has 5 nitrogen and oxygen atoms in total. The lowest BCUT2D eigenvalue weighted by Crippen LogP contribution is -2.35. The molecule has 1 aliphatic heterocycles. The normalized spacial score (nSPS) is 16.2. The fourth-order valence-electron chi connectivity index (χ4n) is 2.73. The first-order chi connectivity index (χ1) is 11.6. The number of nitrogens with zero attached hydrogens (tertiary/aromatic N) is 2. The maximum absolute atomic E-state index is 11.0. The smallest absolute Gasteiger partial charge is 0.306 e. The second-order valence-electron chi connectivity index (χ2n) is 5.86. The summed E-state index contributed by atoms with van der Waals surface area (Å²) >= 11 is 7.43. The van der Waals surface area contributed by atoms with Crippen LogP contribution in [0.2, 0.25) is 5.02 Å². The van der Waals surface area contributed by atoms with Crippen molar-refractivity contribution >= 4 is 28.9 Å². The largest absolute Gasteiger partial charge is 0.486 e. The van der Waals surface area contributed by atoms with Gasteiger partial charge < -0.3 is 9.84 Å². The number of rotatable bonds is 6. The average molecular weight is 367 g/mol. The van der Waals surface area contributed by atoms with Crippen molar-refractivity contribution in [2.24, 2.45) is 5.92 Å². The van der Waals surface area contributed by atoms with E-state index in [2.05, 4.69) is 9.88 Å². The van der Waals surface area contributed by atoms with E-state index in [0.717, 1.165) is 36.1 Å². The van der Waals surface area contributed by atoms with E-state index < -0.39 is 5.97 Å². The first-order valence-corrected chi connectivity index (χ1v) is 9.13. The number of hydrogen-bond acceptors (Lipinski definition) is 5. The van der Waals surface area contributed by atoms with Crippen LogP contribution in [-0.2, 0) is 17.9 Å². The van der Waals surface area contributed by atoms with Gasteiger partial charge in [-0.1, -0.05) is 11.6 Å². The van der Waals surface area contributed by atoms with E-state index in [1.54, 1.807) is 23.5 Å². The molecule has 0 saturated carbocycles. The van der Waals surface area contributed by atoms with Crippen molar-refractivity contribution in [2.75, 3.05) is 13.1 Å². The SMILES string of the molecule is O=C(O)C1CCN(Cc2csc(COc3ccc(Cl)cc3)n2)CC1. The number of thiazole rings is 1. The van der Waals surface area contributed by atoms with Gasteiger partial charge in [0.2, 0.25) is 0 Å². The molecule has 0 amide bonds. The molecule has 2 aromatic rings. The van der Waals surface area contributed by atoms with Crippen LogP contribution in [0.1, 0.15) is 23.5 Å². The quantitative estimate of drug-likeness (QED) is 0.845. The maximum Gasteiger partial charge on any atom is 0.306 e. The van der Waals surface area contributed by atoms with Crippen molar-refractivity contribution < 1.29 is 14.6 Å². The summed E-state index contributed by atoms with van der Waals surface area (Å²) in [6.45, 7) is 2.83. The summed E-state index contributed by atoms with van der Waals surface area (Å²) in [5.74, 6) is -0.100. The zero-order chi connectivity index (χ0) is 16.9. The van der Waals surface area contributed by atoms with Gasteiger partial charge in [-0.05, 0) is 50.2 Å². The average Bonchev–Trinajstić information content (AvgIpc) is 3.02. The maximum atomic E-state index is 11.0. The molecule has 1 aromatic heterocycles. The topological polar surface area (TPSA) is 62.7 Å². The minimum absolute atomic E-state index is 0.194. The Hall–Kier alpha value is -1.63. The number of halogens is 1. The summed E-state index contributed by atoms with van der Waals surface area (Å²) in [4.78, 5) is 17.8. The molecule has 0 atom stereocenters. The number of likely N-dealkylation sites (tertiary alicyclic amines) is 1. The lowest BCUT2D eigenvalue weighted by molar-refractivity contribution is -0.143. The van der Waals surface area contributed by atoms with Crippen LogP contribution >= 0.6 is 22.9 Å². The zero-order valence-corrected chi connectivity index (χ0v) is 14.7. The molecule has 1 saturated heterocycles. The van der Waals surface area contributed by atoms with Crippen molar-refractivity contribution in [3.63, 3.8) is 0 Å². The number of aliphatic carboxylic acids is 1. The predicted octanol–water partition coefficient (Wildman–Crippen LogP) is 3.67. The van der Waals surface area contributed by atoms with Gasteiger partial charge in [0.1, 0.15) is 17.4 Å². The fourth-order valence-corrected chi connectivity index (χ4v) is 3.55. The summed E-state index contributed by atoms with van der Waals surface area (Å²) in [5, 5.41) is 12.7. The Kier molecular flexibility index (Phi) is 5.71. The van der Waals surface area contributed by atoms with E-state index in [9.17, 15) is 4.79 Å². The zero-order valence-electron chi connectivity index (χ0n) is 13.2. The highest BCUT2D eigenvalue weighted by molar-refractivity contribution is 7.09. The Morgan fingerprint density at radius 3 is 2.71 bits per heavy atom. The monoisotopic (exact) mass is 366 g/mol. The van der Waals surface area contributed by atoms with Crippen molar-refractivity contribution in [3.8, 4) is 5.75 Å². The van der Waals surface area contributed by atoms with Crippen LogP contribution in [-0.4, -0.2) is 34.0 Å². The van der Waals surface area contributed by atoms with Gasteiger partial charge in [0.15, 0.2) is 0 Å². The Balaban J connectivity index is 1.47. The van der Waals surface area contributed by atoms with E-state index in [0.29, 0.717) is 24.5 Å². The molecule has 1 fully saturated rings. The van der Waals surface area contributed by atoms with Gasteiger partial charge >= 0.3 is 5.97 Å². The van der Waals surface area contributed by atoms with Gasteiger partial charge in [0.05, 0.1) is 11.6 Å². The van der Waals surface area contributed by atoms with Crippen LogP contribution < -0.4 is 4.74 Å². The van der Waals surface area contributed by atoms with Gasteiger partial charge in [0, 0.05) is 16.9 Å². The van der Waals surface area contributed by atoms with Crippen LogP contribution in [0.15, 0.2) is 29.6 Å². The van der Waals surface area contributed by atoms with E-state index >= 15 is 0 Å². The molecule has 1 aromatic carbocycles. The van der Waals surface area contributed by atoms with Gasteiger partial charge in [-0.15, -0.1) is 11.3 Å². The molecule has 7 heteroatoms. The molecule has 2 heterocycles. The minimum atomic E-state index is -0.676. The number of carboxylic acid groups (broad SMARTS) is 1. The third-order valence-corrected chi connectivity index (χ3v) is 5.22. The molecule has 24 heavy (non-hydrogen) atoms. The summed E-state index contributed by atoms with van der Waals surface area (Å²) in [7, 11) is 0. The van der Waals surface area contributed by atoms with Crippen molar-refractivity contribution in [2.45, 2.75) is 26.0 Å². The first-order valence-electron chi connectivity index (χ1n) is 7.87. The second kappa shape index (κ2) is 7.96. The van der Waals surface area contributed by atoms with E-state index in [1.165, 1.54) is 0 Å². The van der Waals surface area contributed by atoms with Crippen molar-refractivity contribution in [1.82, 2.24) is 9.88 Å².